The Bertz CT molecular complexity index is 979. The molecule has 2 aromatic carbocycles. The van der Waals surface area contributed by atoms with Crippen LogP contribution in [-0.4, -0.2) is 23.2 Å². The molecule has 0 saturated carbocycles. The number of H-pyrrole nitrogens is 1. The number of amides is 1. The molecule has 5 nitrogen and oxygen atoms in total. The molecular weight excluding hydrogens is 371 g/mol. The smallest absolute Gasteiger partial charge is 0.416 e. The summed E-state index contributed by atoms with van der Waals surface area (Å²) < 4.78 is 43.6. The highest BCUT2D eigenvalue weighted by atomic mass is 19.4. The SMILES string of the molecule is CCc1[nH]nc(-c2ccc(C(F)(F)F)cc2)c1NC(=O)c1ccccc1OC. The van der Waals surface area contributed by atoms with Gasteiger partial charge in [-0.3, -0.25) is 9.89 Å². The summed E-state index contributed by atoms with van der Waals surface area (Å²) in [7, 11) is 1.47. The number of aromatic nitrogens is 2. The standard InChI is InChI=1S/C20H18F3N3O2/c1-3-15-18(24-19(27)14-6-4-5-7-16(14)28-2)17(26-25-15)12-8-10-13(11-9-12)20(21,22)23/h4-11H,3H2,1-2H3,(H,24,27)(H,25,26). The Balaban J connectivity index is 1.96. The fraction of sp³-hybridized carbons (Fsp3) is 0.200. The van der Waals surface area contributed by atoms with Gasteiger partial charge in [0.05, 0.1) is 29.6 Å². The molecule has 1 aromatic heterocycles. The van der Waals surface area contributed by atoms with Crippen LogP contribution >= 0.6 is 0 Å². The topological polar surface area (TPSA) is 67.0 Å². The summed E-state index contributed by atoms with van der Waals surface area (Å²) in [5.74, 6) is 0.0133. The van der Waals surface area contributed by atoms with Crippen LogP contribution < -0.4 is 10.1 Å². The molecule has 3 rings (SSSR count). The molecule has 0 fully saturated rings. The normalized spacial score (nSPS) is 11.3. The maximum Gasteiger partial charge on any atom is 0.416 e. The van der Waals surface area contributed by atoms with Gasteiger partial charge in [-0.2, -0.15) is 18.3 Å². The van der Waals surface area contributed by atoms with Gasteiger partial charge in [-0.1, -0.05) is 31.2 Å². The van der Waals surface area contributed by atoms with Gasteiger partial charge < -0.3 is 10.1 Å². The molecule has 0 bridgehead atoms. The Morgan fingerprint density at radius 3 is 2.43 bits per heavy atom. The number of anilines is 1. The summed E-state index contributed by atoms with van der Waals surface area (Å²) in [5, 5.41) is 9.83. The number of aryl methyl sites for hydroxylation is 1. The molecule has 8 heteroatoms. The molecule has 1 amide bonds. The molecule has 0 atom stereocenters. The average Bonchev–Trinajstić information content (AvgIpc) is 3.09. The van der Waals surface area contributed by atoms with Gasteiger partial charge >= 0.3 is 6.18 Å². The van der Waals surface area contributed by atoms with Crippen molar-refractivity contribution in [3.05, 3.63) is 65.4 Å². The first-order valence-corrected chi connectivity index (χ1v) is 8.54. The Kier molecular flexibility index (Phi) is 5.39. The van der Waals surface area contributed by atoms with E-state index in [4.69, 9.17) is 4.74 Å². The minimum atomic E-state index is -4.42. The first-order valence-electron chi connectivity index (χ1n) is 8.54. The summed E-state index contributed by atoms with van der Waals surface area (Å²) in [6.45, 7) is 1.88. The molecule has 146 valence electrons. The van der Waals surface area contributed by atoms with E-state index in [1.807, 2.05) is 6.92 Å². The van der Waals surface area contributed by atoms with Gasteiger partial charge in [0, 0.05) is 5.56 Å². The highest BCUT2D eigenvalue weighted by Crippen LogP contribution is 2.34. The van der Waals surface area contributed by atoms with Crippen LogP contribution in [0.5, 0.6) is 5.75 Å². The number of para-hydroxylation sites is 1. The Hall–Kier alpha value is -3.29. The number of carbonyl (C=O) groups is 1. The number of benzene rings is 2. The zero-order chi connectivity index (χ0) is 20.3. The summed E-state index contributed by atoms with van der Waals surface area (Å²) in [6.07, 6.45) is -3.87. The highest BCUT2D eigenvalue weighted by molar-refractivity contribution is 6.08. The van der Waals surface area contributed by atoms with Crippen LogP contribution in [0, 0.1) is 0 Å². The van der Waals surface area contributed by atoms with Crippen molar-refractivity contribution in [2.24, 2.45) is 0 Å². The lowest BCUT2D eigenvalue weighted by atomic mass is 10.1. The second-order valence-corrected chi connectivity index (χ2v) is 6.01. The number of alkyl halides is 3. The van der Waals surface area contributed by atoms with Gasteiger partial charge in [0.25, 0.3) is 5.91 Å². The number of aromatic amines is 1. The van der Waals surface area contributed by atoms with Crippen molar-refractivity contribution < 1.29 is 22.7 Å². The van der Waals surface area contributed by atoms with Crippen molar-refractivity contribution in [3.8, 4) is 17.0 Å². The van der Waals surface area contributed by atoms with Crippen LogP contribution in [0.3, 0.4) is 0 Å². The fourth-order valence-corrected chi connectivity index (χ4v) is 2.81. The molecule has 0 aliphatic rings. The van der Waals surface area contributed by atoms with E-state index >= 15 is 0 Å². The molecule has 1 heterocycles. The van der Waals surface area contributed by atoms with Crippen LogP contribution in [0.2, 0.25) is 0 Å². The van der Waals surface area contributed by atoms with Crippen LogP contribution in [0.15, 0.2) is 48.5 Å². The zero-order valence-electron chi connectivity index (χ0n) is 15.2. The summed E-state index contributed by atoms with van der Waals surface area (Å²) in [5.41, 5.74) is 1.51. The van der Waals surface area contributed by atoms with E-state index in [0.717, 1.165) is 12.1 Å². The zero-order valence-corrected chi connectivity index (χ0v) is 15.2. The molecule has 0 spiro atoms. The molecule has 0 radical (unpaired) electrons. The number of hydrogen-bond donors (Lipinski definition) is 2. The van der Waals surface area contributed by atoms with Gasteiger partial charge in [0.2, 0.25) is 0 Å². The van der Waals surface area contributed by atoms with Gasteiger partial charge in [0.15, 0.2) is 0 Å². The van der Waals surface area contributed by atoms with Gasteiger partial charge in [-0.15, -0.1) is 0 Å². The minimum absolute atomic E-state index is 0.339. The third-order valence-corrected chi connectivity index (χ3v) is 4.27. The van der Waals surface area contributed by atoms with Crippen molar-refractivity contribution in [2.45, 2.75) is 19.5 Å². The highest BCUT2D eigenvalue weighted by Gasteiger charge is 2.30. The number of halogens is 3. The third-order valence-electron chi connectivity index (χ3n) is 4.27. The number of nitrogens with zero attached hydrogens (tertiary/aromatic N) is 1. The molecule has 0 aliphatic carbocycles. The number of rotatable bonds is 5. The van der Waals surface area contributed by atoms with Crippen molar-refractivity contribution in [1.29, 1.82) is 0 Å². The first-order chi connectivity index (χ1) is 13.3. The van der Waals surface area contributed by atoms with Crippen molar-refractivity contribution in [3.63, 3.8) is 0 Å². The number of methoxy groups -OCH3 is 1. The molecule has 0 unspecified atom stereocenters. The van der Waals surface area contributed by atoms with E-state index in [1.165, 1.54) is 19.2 Å². The van der Waals surface area contributed by atoms with Crippen LogP contribution in [0.4, 0.5) is 18.9 Å². The van der Waals surface area contributed by atoms with Crippen LogP contribution in [0.25, 0.3) is 11.3 Å². The lowest BCUT2D eigenvalue weighted by Crippen LogP contribution is -2.14. The molecule has 3 aromatic rings. The number of carbonyl (C=O) groups excluding carboxylic acids is 1. The van der Waals surface area contributed by atoms with Crippen molar-refractivity contribution in [2.75, 3.05) is 12.4 Å². The molecule has 0 saturated heterocycles. The maximum atomic E-state index is 12.8. The summed E-state index contributed by atoms with van der Waals surface area (Å²) in [6, 6.07) is 11.4. The predicted octanol–water partition coefficient (Wildman–Crippen LogP) is 4.92. The third kappa shape index (κ3) is 3.85. The predicted molar refractivity (Wildman–Crippen MR) is 99.4 cm³/mol. The molecular formula is C20H18F3N3O2. The Morgan fingerprint density at radius 2 is 1.82 bits per heavy atom. The summed E-state index contributed by atoms with van der Waals surface area (Å²) >= 11 is 0. The van der Waals surface area contributed by atoms with Gasteiger partial charge in [-0.05, 0) is 30.7 Å². The van der Waals surface area contributed by atoms with E-state index in [1.54, 1.807) is 24.3 Å². The quantitative estimate of drug-likeness (QED) is 0.651. The molecule has 28 heavy (non-hydrogen) atoms. The second kappa shape index (κ2) is 7.75. The molecule has 0 aliphatic heterocycles. The van der Waals surface area contributed by atoms with Crippen LogP contribution in [-0.2, 0) is 12.6 Å². The van der Waals surface area contributed by atoms with Gasteiger partial charge in [0.1, 0.15) is 11.4 Å². The number of ether oxygens (including phenoxy) is 1. The van der Waals surface area contributed by atoms with E-state index in [0.29, 0.717) is 40.4 Å². The largest absolute Gasteiger partial charge is 0.496 e. The fourth-order valence-electron chi connectivity index (χ4n) is 2.81. The lowest BCUT2D eigenvalue weighted by Gasteiger charge is -2.11. The monoisotopic (exact) mass is 389 g/mol. The Morgan fingerprint density at radius 1 is 1.14 bits per heavy atom. The summed E-state index contributed by atoms with van der Waals surface area (Å²) in [4.78, 5) is 12.7. The molecule has 2 N–H and O–H groups in total. The minimum Gasteiger partial charge on any atom is -0.496 e. The maximum absolute atomic E-state index is 12.8. The van der Waals surface area contributed by atoms with E-state index in [2.05, 4.69) is 15.5 Å². The van der Waals surface area contributed by atoms with E-state index < -0.39 is 17.6 Å². The second-order valence-electron chi connectivity index (χ2n) is 6.01. The van der Waals surface area contributed by atoms with Crippen molar-refractivity contribution in [1.82, 2.24) is 10.2 Å². The Labute approximate surface area is 159 Å². The van der Waals surface area contributed by atoms with Crippen molar-refractivity contribution >= 4 is 11.6 Å². The lowest BCUT2D eigenvalue weighted by molar-refractivity contribution is -0.137. The average molecular weight is 389 g/mol. The van der Waals surface area contributed by atoms with E-state index in [-0.39, 0.29) is 0 Å². The van der Waals surface area contributed by atoms with E-state index in [9.17, 15) is 18.0 Å². The number of hydrogen-bond acceptors (Lipinski definition) is 3. The first kappa shape index (κ1) is 19.5. The number of nitrogens with one attached hydrogen (secondary N) is 2. The van der Waals surface area contributed by atoms with Crippen LogP contribution in [0.1, 0.15) is 28.5 Å². The van der Waals surface area contributed by atoms with Gasteiger partial charge in [-0.25, -0.2) is 0 Å².